The van der Waals surface area contributed by atoms with E-state index in [1.807, 2.05) is 13.8 Å². The van der Waals surface area contributed by atoms with Gasteiger partial charge in [-0.25, -0.2) is 4.79 Å². The van der Waals surface area contributed by atoms with Crippen LogP contribution in [0.4, 0.5) is 0 Å². The van der Waals surface area contributed by atoms with Crippen molar-refractivity contribution in [3.63, 3.8) is 0 Å². The van der Waals surface area contributed by atoms with E-state index in [0.29, 0.717) is 6.42 Å². The molecule has 0 aliphatic carbocycles. The number of carbonyl (C=O) groups excluding carboxylic acids is 1. The second-order valence-electron chi connectivity index (χ2n) is 3.36. The van der Waals surface area contributed by atoms with E-state index in [2.05, 4.69) is 4.74 Å². The average molecular weight is 160 g/mol. The predicted molar refractivity (Wildman–Crippen MR) is 42.1 cm³/mol. The fourth-order valence-corrected chi connectivity index (χ4v) is 1.10. The summed E-state index contributed by atoms with van der Waals surface area (Å²) in [7, 11) is 1.27. The van der Waals surface area contributed by atoms with E-state index in [9.17, 15) is 9.90 Å². The molecule has 0 aliphatic rings. The van der Waals surface area contributed by atoms with Gasteiger partial charge in [0, 0.05) is 0 Å². The molecule has 1 atom stereocenters. The molecule has 66 valence electrons. The van der Waals surface area contributed by atoms with Crippen LogP contribution in [-0.2, 0) is 9.53 Å². The SMILES string of the molecule is COC(=O)C(C)(O)CC(C)C. The highest BCUT2D eigenvalue weighted by atomic mass is 16.5. The van der Waals surface area contributed by atoms with Crippen LogP contribution < -0.4 is 0 Å². The molecule has 0 rings (SSSR count). The molecule has 0 aromatic rings. The van der Waals surface area contributed by atoms with Crippen LogP contribution in [-0.4, -0.2) is 23.8 Å². The molecule has 0 fully saturated rings. The molecular formula is C8H16O3. The van der Waals surface area contributed by atoms with Crippen LogP contribution in [0.5, 0.6) is 0 Å². The third-order valence-corrected chi connectivity index (χ3v) is 1.43. The van der Waals surface area contributed by atoms with Crippen LogP contribution in [0.2, 0.25) is 0 Å². The van der Waals surface area contributed by atoms with Gasteiger partial charge >= 0.3 is 5.97 Å². The normalized spacial score (nSPS) is 16.2. The Morgan fingerprint density at radius 3 is 2.36 bits per heavy atom. The third kappa shape index (κ3) is 3.37. The molecule has 3 heteroatoms. The summed E-state index contributed by atoms with van der Waals surface area (Å²) in [6.07, 6.45) is 0.430. The lowest BCUT2D eigenvalue weighted by Crippen LogP contribution is -2.37. The molecule has 1 N–H and O–H groups in total. The highest BCUT2D eigenvalue weighted by Crippen LogP contribution is 2.17. The van der Waals surface area contributed by atoms with Crippen molar-refractivity contribution < 1.29 is 14.6 Å². The first-order chi connectivity index (χ1) is 4.90. The van der Waals surface area contributed by atoms with Crippen molar-refractivity contribution in [1.29, 1.82) is 0 Å². The number of rotatable bonds is 3. The molecule has 0 amide bonds. The van der Waals surface area contributed by atoms with Crippen LogP contribution in [0.25, 0.3) is 0 Å². The average Bonchev–Trinajstić information content (AvgIpc) is 1.83. The lowest BCUT2D eigenvalue weighted by molar-refractivity contribution is -0.161. The summed E-state index contributed by atoms with van der Waals surface area (Å²) < 4.78 is 4.43. The second kappa shape index (κ2) is 3.72. The van der Waals surface area contributed by atoms with Crippen LogP contribution in [0.15, 0.2) is 0 Å². The smallest absolute Gasteiger partial charge is 0.337 e. The van der Waals surface area contributed by atoms with Crippen molar-refractivity contribution in [2.75, 3.05) is 7.11 Å². The topological polar surface area (TPSA) is 46.5 Å². The molecule has 1 unspecified atom stereocenters. The minimum Gasteiger partial charge on any atom is -0.467 e. The Labute approximate surface area is 67.4 Å². The second-order valence-corrected chi connectivity index (χ2v) is 3.36. The molecular weight excluding hydrogens is 144 g/mol. The van der Waals surface area contributed by atoms with Gasteiger partial charge < -0.3 is 9.84 Å². The largest absolute Gasteiger partial charge is 0.467 e. The molecule has 0 saturated carbocycles. The Balaban J connectivity index is 4.09. The lowest BCUT2D eigenvalue weighted by Gasteiger charge is -2.21. The lowest BCUT2D eigenvalue weighted by atomic mass is 9.95. The van der Waals surface area contributed by atoms with Gasteiger partial charge in [0.2, 0.25) is 0 Å². The maximum Gasteiger partial charge on any atom is 0.337 e. The number of aliphatic hydroxyl groups is 1. The Bertz CT molecular complexity index is 138. The number of methoxy groups -OCH3 is 1. The van der Waals surface area contributed by atoms with Gasteiger partial charge in [0.1, 0.15) is 0 Å². The first-order valence-electron chi connectivity index (χ1n) is 3.71. The van der Waals surface area contributed by atoms with Crippen molar-refractivity contribution in [3.05, 3.63) is 0 Å². The summed E-state index contributed by atoms with van der Waals surface area (Å²) in [6.45, 7) is 5.35. The van der Waals surface area contributed by atoms with Gasteiger partial charge in [-0.3, -0.25) is 0 Å². The number of ether oxygens (including phenoxy) is 1. The maximum atomic E-state index is 10.9. The monoisotopic (exact) mass is 160 g/mol. The highest BCUT2D eigenvalue weighted by molar-refractivity contribution is 5.78. The molecule has 0 aromatic carbocycles. The zero-order valence-electron chi connectivity index (χ0n) is 7.55. The fourth-order valence-electron chi connectivity index (χ4n) is 1.10. The van der Waals surface area contributed by atoms with Gasteiger partial charge in [-0.15, -0.1) is 0 Å². The number of hydrogen-bond donors (Lipinski definition) is 1. The summed E-state index contributed by atoms with van der Waals surface area (Å²) in [6, 6.07) is 0. The number of esters is 1. The van der Waals surface area contributed by atoms with Crippen LogP contribution in [0.1, 0.15) is 27.2 Å². The highest BCUT2D eigenvalue weighted by Gasteiger charge is 2.31. The zero-order chi connectivity index (χ0) is 9.07. The minimum atomic E-state index is -1.33. The molecule has 3 nitrogen and oxygen atoms in total. The molecule has 0 aromatic heterocycles. The number of carbonyl (C=O) groups is 1. The maximum absolute atomic E-state index is 10.9. The fraction of sp³-hybridized carbons (Fsp3) is 0.875. The summed E-state index contributed by atoms with van der Waals surface area (Å²) in [5.74, 6) is -0.282. The molecule has 11 heavy (non-hydrogen) atoms. The van der Waals surface area contributed by atoms with E-state index in [1.165, 1.54) is 14.0 Å². The summed E-state index contributed by atoms with van der Waals surface area (Å²) in [5.41, 5.74) is -1.33. The van der Waals surface area contributed by atoms with E-state index < -0.39 is 11.6 Å². The minimum absolute atomic E-state index is 0.282. The van der Waals surface area contributed by atoms with Crippen molar-refractivity contribution in [2.24, 2.45) is 5.92 Å². The van der Waals surface area contributed by atoms with Crippen molar-refractivity contribution in [1.82, 2.24) is 0 Å². The summed E-state index contributed by atoms with van der Waals surface area (Å²) >= 11 is 0. The van der Waals surface area contributed by atoms with E-state index in [1.54, 1.807) is 0 Å². The quantitative estimate of drug-likeness (QED) is 0.625. The van der Waals surface area contributed by atoms with Crippen molar-refractivity contribution >= 4 is 5.97 Å². The Kier molecular flexibility index (Phi) is 3.52. The first kappa shape index (κ1) is 10.4. The molecule has 0 aliphatic heterocycles. The molecule has 0 saturated heterocycles. The third-order valence-electron chi connectivity index (χ3n) is 1.43. The van der Waals surface area contributed by atoms with Gasteiger partial charge in [-0.2, -0.15) is 0 Å². The molecule has 0 bridgehead atoms. The van der Waals surface area contributed by atoms with Gasteiger partial charge in [0.25, 0.3) is 0 Å². The Hall–Kier alpha value is -0.570. The predicted octanol–water partition coefficient (Wildman–Crippen LogP) is 0.956. The van der Waals surface area contributed by atoms with Gasteiger partial charge in [-0.05, 0) is 19.3 Å². The van der Waals surface area contributed by atoms with Gasteiger partial charge in [-0.1, -0.05) is 13.8 Å². The zero-order valence-corrected chi connectivity index (χ0v) is 7.55. The van der Waals surface area contributed by atoms with E-state index >= 15 is 0 Å². The number of hydrogen-bond acceptors (Lipinski definition) is 3. The summed E-state index contributed by atoms with van der Waals surface area (Å²) in [5, 5.41) is 9.48. The van der Waals surface area contributed by atoms with E-state index in [0.717, 1.165) is 0 Å². The van der Waals surface area contributed by atoms with Gasteiger partial charge in [0.15, 0.2) is 5.60 Å². The van der Waals surface area contributed by atoms with Crippen molar-refractivity contribution in [2.45, 2.75) is 32.8 Å². The standard InChI is InChI=1S/C8H16O3/c1-6(2)5-8(3,10)7(9)11-4/h6,10H,5H2,1-4H3. The first-order valence-corrected chi connectivity index (χ1v) is 3.71. The van der Waals surface area contributed by atoms with E-state index in [4.69, 9.17) is 0 Å². The Morgan fingerprint density at radius 1 is 1.64 bits per heavy atom. The molecule has 0 heterocycles. The van der Waals surface area contributed by atoms with Gasteiger partial charge in [0.05, 0.1) is 7.11 Å². The molecule has 0 spiro atoms. The van der Waals surface area contributed by atoms with E-state index in [-0.39, 0.29) is 5.92 Å². The molecule has 0 radical (unpaired) electrons. The van der Waals surface area contributed by atoms with Crippen LogP contribution >= 0.6 is 0 Å². The summed E-state index contributed by atoms with van der Waals surface area (Å²) in [4.78, 5) is 10.9. The van der Waals surface area contributed by atoms with Crippen LogP contribution in [0, 0.1) is 5.92 Å². The Morgan fingerprint density at radius 2 is 2.09 bits per heavy atom. The van der Waals surface area contributed by atoms with Crippen LogP contribution in [0.3, 0.4) is 0 Å². The van der Waals surface area contributed by atoms with Crippen molar-refractivity contribution in [3.8, 4) is 0 Å².